The Bertz CT molecular complexity index is 463. The molecule has 0 saturated carbocycles. The fourth-order valence-corrected chi connectivity index (χ4v) is 1.26. The summed E-state index contributed by atoms with van der Waals surface area (Å²) in [5, 5.41) is 0. The number of allylic oxidation sites excluding steroid dienone is 1. The molecule has 0 atom stereocenters. The highest BCUT2D eigenvalue weighted by Crippen LogP contribution is 2.14. The second-order valence-electron chi connectivity index (χ2n) is 2.98. The Morgan fingerprint density at radius 1 is 1.13 bits per heavy atom. The zero-order valence-corrected chi connectivity index (χ0v) is 8.17. The van der Waals surface area contributed by atoms with Crippen LogP contribution in [0.1, 0.15) is 5.56 Å². The van der Waals surface area contributed by atoms with Gasteiger partial charge in [0, 0.05) is 30.4 Å². The summed E-state index contributed by atoms with van der Waals surface area (Å²) in [7, 11) is 0. The van der Waals surface area contributed by atoms with E-state index in [0.717, 1.165) is 11.1 Å². The number of rotatable bonds is 2. The van der Waals surface area contributed by atoms with Gasteiger partial charge in [0.1, 0.15) is 0 Å². The van der Waals surface area contributed by atoms with Crippen LogP contribution < -0.4 is 0 Å². The van der Waals surface area contributed by atoms with Crippen LogP contribution in [0, 0.1) is 6.92 Å². The van der Waals surface area contributed by atoms with Crippen molar-refractivity contribution in [2.75, 3.05) is 0 Å². The second-order valence-corrected chi connectivity index (χ2v) is 2.98. The van der Waals surface area contributed by atoms with Crippen LogP contribution in [0.4, 0.5) is 0 Å². The minimum atomic E-state index is 0.685. The number of hydrogen-bond donors (Lipinski definition) is 0. The molecule has 2 aromatic heterocycles. The highest BCUT2D eigenvalue weighted by atomic mass is 14.9. The van der Waals surface area contributed by atoms with Crippen molar-refractivity contribution in [1.82, 2.24) is 15.0 Å². The summed E-state index contributed by atoms with van der Waals surface area (Å²) < 4.78 is 0. The first-order chi connectivity index (χ1) is 7.40. The van der Waals surface area contributed by atoms with Crippen molar-refractivity contribution < 1.29 is 0 Å². The molecule has 15 heavy (non-hydrogen) atoms. The van der Waals surface area contributed by atoms with Crippen molar-refractivity contribution in [3.05, 3.63) is 55.5 Å². The molecule has 0 amide bonds. The molecule has 2 rings (SSSR count). The van der Waals surface area contributed by atoms with E-state index in [2.05, 4.69) is 21.9 Å². The highest BCUT2D eigenvalue weighted by Gasteiger charge is 1.99. The predicted octanol–water partition coefficient (Wildman–Crippen LogP) is 2.39. The molecule has 0 saturated heterocycles. The first kappa shape index (κ1) is 9.52. The molecule has 0 bridgehead atoms. The van der Waals surface area contributed by atoms with Gasteiger partial charge in [0.25, 0.3) is 0 Å². The zero-order chi connectivity index (χ0) is 10.5. The van der Waals surface area contributed by atoms with Gasteiger partial charge in [-0.3, -0.25) is 4.98 Å². The van der Waals surface area contributed by atoms with E-state index in [1.165, 1.54) is 0 Å². The minimum absolute atomic E-state index is 0.685. The Kier molecular flexibility index (Phi) is 2.83. The topological polar surface area (TPSA) is 38.7 Å². The summed E-state index contributed by atoms with van der Waals surface area (Å²) in [4.78, 5) is 12.4. The normalized spacial score (nSPS) is 10.7. The Hall–Kier alpha value is -2.03. The van der Waals surface area contributed by atoms with Crippen LogP contribution in [0.3, 0.4) is 0 Å². The van der Waals surface area contributed by atoms with Crippen molar-refractivity contribution in [2.45, 2.75) is 0 Å². The molecular weight excluding hydrogens is 186 g/mol. The molecule has 0 N–H and O–H groups in total. The number of hydrogen-bond acceptors (Lipinski definition) is 3. The minimum Gasteiger partial charge on any atom is -0.263 e. The standard InChI is InChI=1S/C12H10N3/c1-2-4-10-7-11(9-13-8-10)12-14-5-3-6-15-12/h2-9H,1H2/b4-2+. The lowest BCUT2D eigenvalue weighted by molar-refractivity contribution is 1.16. The monoisotopic (exact) mass is 196 g/mol. The lowest BCUT2D eigenvalue weighted by atomic mass is 10.2. The average molecular weight is 196 g/mol. The third-order valence-electron chi connectivity index (χ3n) is 1.89. The number of pyridine rings is 1. The molecule has 1 radical (unpaired) electrons. The van der Waals surface area contributed by atoms with E-state index in [0.29, 0.717) is 5.82 Å². The maximum atomic E-state index is 4.16. The molecule has 3 nitrogen and oxygen atoms in total. The molecule has 0 aliphatic carbocycles. The van der Waals surface area contributed by atoms with Gasteiger partial charge in [-0.15, -0.1) is 0 Å². The Labute approximate surface area is 88.6 Å². The Morgan fingerprint density at radius 3 is 2.67 bits per heavy atom. The molecule has 2 heterocycles. The van der Waals surface area contributed by atoms with Gasteiger partial charge < -0.3 is 0 Å². The van der Waals surface area contributed by atoms with Gasteiger partial charge in [0.05, 0.1) is 0 Å². The van der Waals surface area contributed by atoms with Crippen molar-refractivity contribution in [3.63, 3.8) is 0 Å². The summed E-state index contributed by atoms with van der Waals surface area (Å²) in [5.41, 5.74) is 1.90. The lowest BCUT2D eigenvalue weighted by Gasteiger charge is -1.99. The highest BCUT2D eigenvalue weighted by molar-refractivity contribution is 5.60. The van der Waals surface area contributed by atoms with Crippen molar-refractivity contribution in [1.29, 1.82) is 0 Å². The van der Waals surface area contributed by atoms with Gasteiger partial charge >= 0.3 is 0 Å². The van der Waals surface area contributed by atoms with Crippen LogP contribution in [0.25, 0.3) is 17.5 Å². The first-order valence-corrected chi connectivity index (χ1v) is 4.58. The van der Waals surface area contributed by atoms with Crippen molar-refractivity contribution >= 4 is 6.08 Å². The molecule has 0 fully saturated rings. The molecule has 2 aromatic rings. The first-order valence-electron chi connectivity index (χ1n) is 4.58. The van der Waals surface area contributed by atoms with Crippen LogP contribution in [-0.4, -0.2) is 15.0 Å². The Balaban J connectivity index is 2.41. The van der Waals surface area contributed by atoms with Crippen molar-refractivity contribution in [3.8, 4) is 11.4 Å². The third-order valence-corrected chi connectivity index (χ3v) is 1.89. The maximum Gasteiger partial charge on any atom is 0.160 e. The Morgan fingerprint density at radius 2 is 1.93 bits per heavy atom. The van der Waals surface area contributed by atoms with E-state index in [1.807, 2.05) is 12.1 Å². The van der Waals surface area contributed by atoms with Crippen molar-refractivity contribution in [2.24, 2.45) is 0 Å². The lowest BCUT2D eigenvalue weighted by Crippen LogP contribution is -1.88. The maximum absolute atomic E-state index is 4.16. The van der Waals surface area contributed by atoms with Crippen LogP contribution in [0.15, 0.2) is 43.0 Å². The summed E-state index contributed by atoms with van der Waals surface area (Å²) in [6.07, 6.45) is 10.6. The largest absolute Gasteiger partial charge is 0.263 e. The van der Waals surface area contributed by atoms with Gasteiger partial charge in [0.2, 0.25) is 0 Å². The summed E-state index contributed by atoms with van der Waals surface area (Å²) >= 11 is 0. The average Bonchev–Trinajstić information content (AvgIpc) is 2.31. The van der Waals surface area contributed by atoms with Gasteiger partial charge in [-0.1, -0.05) is 12.2 Å². The molecule has 0 aliphatic heterocycles. The molecular formula is C12H10N3. The summed E-state index contributed by atoms with van der Waals surface area (Å²) in [6, 6.07) is 3.76. The predicted molar refractivity (Wildman–Crippen MR) is 59.7 cm³/mol. The summed E-state index contributed by atoms with van der Waals surface area (Å²) in [5.74, 6) is 0.685. The van der Waals surface area contributed by atoms with Gasteiger partial charge in [-0.25, -0.2) is 9.97 Å². The van der Waals surface area contributed by atoms with E-state index in [4.69, 9.17) is 0 Å². The molecule has 0 unspecified atom stereocenters. The fraction of sp³-hybridized carbons (Fsp3) is 0. The van der Waals surface area contributed by atoms with E-state index in [9.17, 15) is 0 Å². The molecule has 73 valence electrons. The van der Waals surface area contributed by atoms with Crippen LogP contribution in [0.5, 0.6) is 0 Å². The van der Waals surface area contributed by atoms with E-state index in [-0.39, 0.29) is 0 Å². The van der Waals surface area contributed by atoms with Gasteiger partial charge in [0.15, 0.2) is 5.82 Å². The van der Waals surface area contributed by atoms with E-state index < -0.39 is 0 Å². The smallest absolute Gasteiger partial charge is 0.160 e. The zero-order valence-electron chi connectivity index (χ0n) is 8.17. The van der Waals surface area contributed by atoms with E-state index >= 15 is 0 Å². The molecule has 0 aliphatic rings. The SMILES string of the molecule is [CH2]/C=C/c1cncc(-c2ncccn2)c1. The second kappa shape index (κ2) is 4.46. The van der Waals surface area contributed by atoms with Crippen LogP contribution >= 0.6 is 0 Å². The number of nitrogens with zero attached hydrogens (tertiary/aromatic N) is 3. The van der Waals surface area contributed by atoms with Gasteiger partial charge in [-0.2, -0.15) is 0 Å². The molecule has 3 heteroatoms. The third kappa shape index (κ3) is 2.26. The fourth-order valence-electron chi connectivity index (χ4n) is 1.26. The summed E-state index contributed by atoms with van der Waals surface area (Å²) in [6.45, 7) is 3.64. The number of aromatic nitrogens is 3. The van der Waals surface area contributed by atoms with Crippen LogP contribution in [-0.2, 0) is 0 Å². The van der Waals surface area contributed by atoms with Gasteiger partial charge in [-0.05, 0) is 24.6 Å². The molecule has 0 aromatic carbocycles. The molecule has 0 spiro atoms. The van der Waals surface area contributed by atoms with E-state index in [1.54, 1.807) is 36.9 Å². The quantitative estimate of drug-likeness (QED) is 0.740. The van der Waals surface area contributed by atoms with Crippen LogP contribution in [0.2, 0.25) is 0 Å².